The molecule has 0 unspecified atom stereocenters. The molecule has 0 aliphatic carbocycles. The molecule has 10 nitrogen and oxygen atoms in total. The van der Waals surface area contributed by atoms with Gasteiger partial charge >= 0.3 is 0 Å². The smallest absolute Gasteiger partial charge is 0.265 e. The van der Waals surface area contributed by atoms with Crippen LogP contribution in [0.2, 0.25) is 0 Å². The van der Waals surface area contributed by atoms with Crippen LogP contribution in [0.3, 0.4) is 0 Å². The monoisotopic (exact) mass is 527 g/mol. The largest absolute Gasteiger partial charge is 0.351 e. The van der Waals surface area contributed by atoms with Crippen LogP contribution < -0.4 is 21.3 Å². The Morgan fingerprint density at radius 1 is 0.763 bits per heavy atom. The lowest BCUT2D eigenvalue weighted by atomic mass is 9.79. The summed E-state index contributed by atoms with van der Waals surface area (Å²) >= 11 is 0. The first-order valence-electron chi connectivity index (χ1n) is 14.3. The first-order valence-corrected chi connectivity index (χ1v) is 14.3. The first kappa shape index (κ1) is 28.7. The third kappa shape index (κ3) is 8.09. The predicted octanol–water partition coefficient (Wildman–Crippen LogP) is 4.03. The highest BCUT2D eigenvalue weighted by atomic mass is 16.2. The molecule has 3 aliphatic heterocycles. The lowest BCUT2D eigenvalue weighted by Crippen LogP contribution is -2.60. The lowest BCUT2D eigenvalue weighted by Gasteiger charge is -2.46. The Bertz CT molecular complexity index is 937. The minimum Gasteiger partial charge on any atom is -0.351 e. The van der Waals surface area contributed by atoms with Crippen LogP contribution in [-0.4, -0.2) is 79.3 Å². The molecule has 4 rings (SSSR count). The first-order chi connectivity index (χ1) is 17.6. The molecule has 0 radical (unpaired) electrons. The quantitative estimate of drug-likeness (QED) is 0.410. The van der Waals surface area contributed by atoms with Gasteiger partial charge in [0.25, 0.3) is 11.9 Å². The number of hydrogen-bond donors (Lipinski definition) is 4. The number of nitrogens with zero attached hydrogens (tertiary/aromatic N) is 5. The van der Waals surface area contributed by atoms with Crippen molar-refractivity contribution in [1.29, 1.82) is 0 Å². The SMILES string of the molecule is CC1(C)CC(Nc2nc(/N=C/C(=O)N3CCCCC3)nc(NC3CC(C)(C)NC(C)(C)C3)n2)CC(C)(C)N1. The van der Waals surface area contributed by atoms with Crippen molar-refractivity contribution in [2.45, 2.75) is 135 Å². The van der Waals surface area contributed by atoms with Gasteiger partial charge in [-0.15, -0.1) is 0 Å². The van der Waals surface area contributed by atoms with E-state index in [9.17, 15) is 4.79 Å². The van der Waals surface area contributed by atoms with E-state index in [1.165, 1.54) is 12.6 Å². The molecule has 0 atom stereocenters. The van der Waals surface area contributed by atoms with E-state index in [0.29, 0.717) is 11.9 Å². The second-order valence-corrected chi connectivity index (χ2v) is 14.2. The van der Waals surface area contributed by atoms with Gasteiger partial charge in [0.05, 0.1) is 6.21 Å². The number of rotatable bonds is 6. The van der Waals surface area contributed by atoms with Gasteiger partial charge in [0.1, 0.15) is 0 Å². The summed E-state index contributed by atoms with van der Waals surface area (Å²) in [7, 11) is 0. The van der Waals surface area contributed by atoms with Crippen molar-refractivity contribution in [3.8, 4) is 0 Å². The minimum atomic E-state index is -0.0853. The number of nitrogens with one attached hydrogen (secondary N) is 4. The summed E-state index contributed by atoms with van der Waals surface area (Å²) in [5.74, 6) is 1.14. The van der Waals surface area contributed by atoms with E-state index in [1.54, 1.807) is 0 Å². The summed E-state index contributed by atoms with van der Waals surface area (Å²) in [5.41, 5.74) is -0.0491. The number of hydrogen-bond acceptors (Lipinski definition) is 9. The van der Waals surface area contributed by atoms with Gasteiger partial charge in [0.15, 0.2) is 0 Å². The average Bonchev–Trinajstić information content (AvgIpc) is 2.73. The summed E-state index contributed by atoms with van der Waals surface area (Å²) in [4.78, 5) is 33.0. The molecule has 0 bridgehead atoms. The Morgan fingerprint density at radius 2 is 1.18 bits per heavy atom. The van der Waals surface area contributed by atoms with E-state index in [-0.39, 0.29) is 46.1 Å². The number of aromatic nitrogens is 3. The molecule has 0 spiro atoms. The molecular formula is C28H49N9O. The summed E-state index contributed by atoms with van der Waals surface area (Å²) in [6.07, 6.45) is 8.37. The van der Waals surface area contributed by atoms with Crippen molar-refractivity contribution in [3.05, 3.63) is 0 Å². The van der Waals surface area contributed by atoms with Gasteiger partial charge in [0, 0.05) is 47.3 Å². The second-order valence-electron chi connectivity index (χ2n) is 14.2. The zero-order chi connectivity index (χ0) is 27.8. The highest BCUT2D eigenvalue weighted by Gasteiger charge is 2.39. The van der Waals surface area contributed by atoms with Crippen LogP contribution in [0.25, 0.3) is 0 Å². The van der Waals surface area contributed by atoms with E-state index >= 15 is 0 Å². The van der Waals surface area contributed by atoms with Crippen LogP contribution in [-0.2, 0) is 4.79 Å². The minimum absolute atomic E-state index is 0.0123. The maximum absolute atomic E-state index is 12.7. The van der Waals surface area contributed by atoms with E-state index in [4.69, 9.17) is 4.98 Å². The number of likely N-dealkylation sites (tertiary alicyclic amines) is 1. The van der Waals surface area contributed by atoms with Crippen LogP contribution in [0.15, 0.2) is 4.99 Å². The molecular weight excluding hydrogens is 478 g/mol. The molecule has 1 aromatic heterocycles. The normalized spacial score (nSPS) is 25.3. The van der Waals surface area contributed by atoms with Gasteiger partial charge in [-0.1, -0.05) is 0 Å². The van der Waals surface area contributed by atoms with E-state index in [2.05, 4.69) is 91.6 Å². The fourth-order valence-electron chi connectivity index (χ4n) is 7.07. The van der Waals surface area contributed by atoms with Gasteiger partial charge < -0.3 is 26.2 Å². The number of piperidine rings is 3. The summed E-state index contributed by atoms with van der Waals surface area (Å²) in [6.45, 7) is 19.4. The third-order valence-corrected chi connectivity index (χ3v) is 7.63. The summed E-state index contributed by atoms with van der Waals surface area (Å²) in [5, 5.41) is 14.6. The van der Waals surface area contributed by atoms with Crippen molar-refractivity contribution < 1.29 is 4.79 Å². The molecule has 3 fully saturated rings. The van der Waals surface area contributed by atoms with E-state index in [0.717, 1.165) is 51.6 Å². The molecule has 3 aliphatic rings. The molecule has 1 aromatic rings. The Morgan fingerprint density at radius 3 is 1.61 bits per heavy atom. The van der Waals surface area contributed by atoms with Crippen LogP contribution in [0.1, 0.15) is 100 Å². The van der Waals surface area contributed by atoms with E-state index in [1.807, 2.05) is 4.90 Å². The standard InChI is InChI=1S/C28H49N9O/c1-25(2)14-19(15-26(3,4)35-25)30-23-32-22(29-18-21(38)37-12-10-9-11-13-37)33-24(34-23)31-20-16-27(5,6)36-28(7,8)17-20/h18-20,35-36H,9-17H2,1-8H3,(H2,30,31,32,33,34)/b29-18+. The van der Waals surface area contributed by atoms with Crippen LogP contribution in [0.5, 0.6) is 0 Å². The fourth-order valence-corrected chi connectivity index (χ4v) is 7.07. The maximum Gasteiger partial charge on any atom is 0.265 e. The molecule has 4 heterocycles. The molecule has 0 saturated carbocycles. The zero-order valence-electron chi connectivity index (χ0n) is 24.7. The highest BCUT2D eigenvalue weighted by molar-refractivity contribution is 6.26. The Hall–Kier alpha value is -2.33. The molecule has 0 aromatic carbocycles. The van der Waals surface area contributed by atoms with Crippen LogP contribution in [0.4, 0.5) is 17.8 Å². The second kappa shape index (κ2) is 10.7. The van der Waals surface area contributed by atoms with Crippen molar-refractivity contribution in [1.82, 2.24) is 30.5 Å². The Labute approximate surface area is 228 Å². The average molecular weight is 528 g/mol. The molecule has 10 heteroatoms. The molecule has 1 amide bonds. The fraction of sp³-hybridized carbons (Fsp3) is 0.821. The molecule has 38 heavy (non-hydrogen) atoms. The Kier molecular flexibility index (Phi) is 8.06. The van der Waals surface area contributed by atoms with Gasteiger partial charge in [-0.3, -0.25) is 4.79 Å². The van der Waals surface area contributed by atoms with Crippen molar-refractivity contribution in [2.75, 3.05) is 23.7 Å². The third-order valence-electron chi connectivity index (χ3n) is 7.63. The zero-order valence-corrected chi connectivity index (χ0v) is 24.7. The van der Waals surface area contributed by atoms with Crippen molar-refractivity contribution in [2.24, 2.45) is 4.99 Å². The van der Waals surface area contributed by atoms with Crippen LogP contribution >= 0.6 is 0 Å². The number of amides is 1. The number of anilines is 2. The molecule has 212 valence electrons. The van der Waals surface area contributed by atoms with Gasteiger partial charge in [0.2, 0.25) is 11.9 Å². The van der Waals surface area contributed by atoms with Gasteiger partial charge in [-0.25, -0.2) is 4.99 Å². The number of carbonyl (C=O) groups is 1. The topological polar surface area (TPSA) is 119 Å². The van der Waals surface area contributed by atoms with E-state index < -0.39 is 0 Å². The van der Waals surface area contributed by atoms with Gasteiger partial charge in [-0.2, -0.15) is 15.0 Å². The van der Waals surface area contributed by atoms with Gasteiger partial charge in [-0.05, 0) is 100 Å². The number of carbonyl (C=O) groups excluding carboxylic acids is 1. The number of aliphatic imine (C=N–C) groups is 1. The van der Waals surface area contributed by atoms with Crippen molar-refractivity contribution >= 4 is 30.0 Å². The lowest BCUT2D eigenvalue weighted by molar-refractivity contribution is -0.124. The van der Waals surface area contributed by atoms with Crippen molar-refractivity contribution in [3.63, 3.8) is 0 Å². The highest BCUT2D eigenvalue weighted by Crippen LogP contribution is 2.32. The maximum atomic E-state index is 12.7. The van der Waals surface area contributed by atoms with Crippen LogP contribution in [0, 0.1) is 0 Å². The Balaban J connectivity index is 1.57. The summed E-state index contributed by atoms with van der Waals surface area (Å²) in [6, 6.07) is 0.389. The summed E-state index contributed by atoms with van der Waals surface area (Å²) < 4.78 is 0. The molecule has 3 saturated heterocycles. The molecule has 4 N–H and O–H groups in total. The predicted molar refractivity (Wildman–Crippen MR) is 154 cm³/mol.